The lowest BCUT2D eigenvalue weighted by molar-refractivity contribution is -0.274. The average molecular weight is 662 g/mol. The first kappa shape index (κ1) is 31.1. The van der Waals surface area contributed by atoms with Crippen molar-refractivity contribution >= 4 is 60.8 Å². The lowest BCUT2D eigenvalue weighted by Crippen LogP contribution is -2.16. The Morgan fingerprint density at radius 3 is 2.00 bits per heavy atom. The van der Waals surface area contributed by atoms with Gasteiger partial charge in [0.15, 0.2) is 5.82 Å². The molecule has 0 amide bonds. The highest BCUT2D eigenvalue weighted by molar-refractivity contribution is 7.19. The van der Waals surface area contributed by atoms with Crippen LogP contribution in [0.2, 0.25) is 0 Å². The molecule has 1 aliphatic heterocycles. The van der Waals surface area contributed by atoms with Crippen LogP contribution < -0.4 is 9.64 Å². The molecule has 1 saturated heterocycles. The largest absolute Gasteiger partial charge is 0.573 e. The van der Waals surface area contributed by atoms with E-state index in [4.69, 9.17) is 0 Å². The van der Waals surface area contributed by atoms with Crippen molar-refractivity contribution in [3.05, 3.63) is 83.9 Å². The number of rotatable bonds is 9. The van der Waals surface area contributed by atoms with E-state index in [2.05, 4.69) is 55.7 Å². The van der Waals surface area contributed by atoms with Crippen molar-refractivity contribution in [2.45, 2.75) is 33.1 Å². The Bertz CT molecular complexity index is 1910. The van der Waals surface area contributed by atoms with Gasteiger partial charge in [0, 0.05) is 30.2 Å². The Kier molecular flexibility index (Phi) is 9.21. The number of hydrogen-bond donors (Lipinski definition) is 0. The predicted molar refractivity (Wildman–Crippen MR) is 173 cm³/mol. The maximum atomic E-state index is 12.4. The summed E-state index contributed by atoms with van der Waals surface area (Å²) >= 11 is 2.67. The first-order valence-electron chi connectivity index (χ1n) is 14.2. The van der Waals surface area contributed by atoms with Crippen LogP contribution in [-0.4, -0.2) is 28.8 Å². The standard InChI is InChI=1S/C31H26F3N9OS2/c1-19-18-23(37-40-27-13-14-28(45-27)43-15-3-4-16-43)8-11-25(19)38-36-22-7-12-26(20(2)17-22)39-41-30-35-29(42-46-30)21-5-9-24(10-6-21)44-31(32,33)34/h5-14,17-18H,3-4,15-16H2,1-2H3. The molecule has 1 aliphatic rings. The van der Waals surface area contributed by atoms with Crippen molar-refractivity contribution in [3.63, 3.8) is 0 Å². The molecule has 0 saturated carbocycles. The third kappa shape index (κ3) is 8.03. The highest BCUT2D eigenvalue weighted by Crippen LogP contribution is 2.36. The molecule has 15 heteroatoms. The summed E-state index contributed by atoms with van der Waals surface area (Å²) in [4.78, 5) is 6.69. The van der Waals surface area contributed by atoms with Crippen LogP contribution in [0.15, 0.2) is 103 Å². The lowest BCUT2D eigenvalue weighted by atomic mass is 10.2. The molecule has 3 aromatic carbocycles. The van der Waals surface area contributed by atoms with Gasteiger partial charge in [-0.25, -0.2) is 0 Å². The molecule has 6 rings (SSSR count). The number of nitrogens with zero attached hydrogens (tertiary/aromatic N) is 9. The van der Waals surface area contributed by atoms with E-state index < -0.39 is 6.36 Å². The molecule has 0 radical (unpaired) electrons. The summed E-state index contributed by atoms with van der Waals surface area (Å²) in [5, 5.41) is 28.5. The van der Waals surface area contributed by atoms with Crippen molar-refractivity contribution in [1.82, 2.24) is 9.36 Å². The average Bonchev–Trinajstić information content (AvgIpc) is 3.81. The van der Waals surface area contributed by atoms with Crippen LogP contribution in [0.3, 0.4) is 0 Å². The molecule has 5 aromatic rings. The van der Waals surface area contributed by atoms with E-state index >= 15 is 0 Å². The molecule has 0 bridgehead atoms. The molecule has 0 N–H and O–H groups in total. The summed E-state index contributed by atoms with van der Waals surface area (Å²) in [7, 11) is 0. The van der Waals surface area contributed by atoms with Crippen LogP contribution in [0.1, 0.15) is 24.0 Å². The van der Waals surface area contributed by atoms with Crippen LogP contribution in [0.25, 0.3) is 11.4 Å². The quantitative estimate of drug-likeness (QED) is 0.146. The second-order valence-electron chi connectivity index (χ2n) is 10.3. The molecule has 0 atom stereocenters. The number of benzene rings is 3. The van der Waals surface area contributed by atoms with Gasteiger partial charge in [0.1, 0.15) is 10.8 Å². The molecule has 234 valence electrons. The van der Waals surface area contributed by atoms with Gasteiger partial charge in [0.2, 0.25) is 5.13 Å². The van der Waals surface area contributed by atoms with E-state index in [0.29, 0.717) is 27.9 Å². The topological polar surface area (TPSA) is 112 Å². The molecule has 0 aliphatic carbocycles. The zero-order chi connectivity index (χ0) is 32.1. The monoisotopic (exact) mass is 661 g/mol. The van der Waals surface area contributed by atoms with Crippen LogP contribution in [0.4, 0.5) is 51.1 Å². The second-order valence-corrected chi connectivity index (χ2v) is 12.1. The second kappa shape index (κ2) is 13.6. The smallest absolute Gasteiger partial charge is 0.406 e. The van der Waals surface area contributed by atoms with Crippen molar-refractivity contribution in [2.75, 3.05) is 18.0 Å². The zero-order valence-corrected chi connectivity index (χ0v) is 26.3. The fourth-order valence-corrected chi connectivity index (χ4v) is 6.00. The summed E-state index contributed by atoms with van der Waals surface area (Å²) in [6, 6.07) is 20.5. The number of aromatic nitrogens is 2. The SMILES string of the molecule is Cc1cc(N=Nc2ccc(N3CCCC3)s2)ccc1N=Nc1ccc(N=Nc2nc(-c3ccc(OC(F)(F)F)cc3)ns2)c(C)c1. The van der Waals surface area contributed by atoms with Crippen LogP contribution in [-0.2, 0) is 0 Å². The van der Waals surface area contributed by atoms with Gasteiger partial charge in [0.05, 0.1) is 27.8 Å². The Morgan fingerprint density at radius 1 is 0.739 bits per heavy atom. The van der Waals surface area contributed by atoms with Crippen molar-refractivity contribution in [3.8, 4) is 17.1 Å². The van der Waals surface area contributed by atoms with E-state index in [9.17, 15) is 13.2 Å². The first-order chi connectivity index (χ1) is 22.2. The molecule has 46 heavy (non-hydrogen) atoms. The number of halogens is 3. The number of aryl methyl sites for hydroxylation is 2. The minimum absolute atomic E-state index is 0.300. The number of alkyl halides is 3. The Hall–Kier alpha value is -4.89. The molecular formula is C31H26F3N9OS2. The molecule has 1 fully saturated rings. The molecule has 10 nitrogen and oxygen atoms in total. The van der Waals surface area contributed by atoms with E-state index in [1.54, 1.807) is 23.5 Å². The minimum Gasteiger partial charge on any atom is -0.406 e. The third-order valence-electron chi connectivity index (χ3n) is 6.90. The minimum atomic E-state index is -4.75. The third-order valence-corrected chi connectivity index (χ3v) is 8.53. The van der Waals surface area contributed by atoms with Gasteiger partial charge >= 0.3 is 6.36 Å². The van der Waals surface area contributed by atoms with E-state index in [1.807, 2.05) is 44.2 Å². The molecule has 0 spiro atoms. The number of azo groups is 3. The maximum absolute atomic E-state index is 12.4. The molecular weight excluding hydrogens is 636 g/mol. The normalized spacial score (nSPS) is 14.0. The predicted octanol–water partition coefficient (Wildman–Crippen LogP) is 11.6. The number of anilines is 1. The lowest BCUT2D eigenvalue weighted by Gasteiger charge is -2.13. The Morgan fingerprint density at radius 2 is 1.37 bits per heavy atom. The summed E-state index contributed by atoms with van der Waals surface area (Å²) in [5.74, 6) is 0.00193. The number of thiophene rings is 1. The first-order valence-corrected chi connectivity index (χ1v) is 15.8. The molecule has 3 heterocycles. The van der Waals surface area contributed by atoms with Crippen molar-refractivity contribution in [1.29, 1.82) is 0 Å². The van der Waals surface area contributed by atoms with Gasteiger partial charge in [-0.3, -0.25) is 0 Å². The number of hydrogen-bond acceptors (Lipinski definition) is 12. The number of ether oxygens (including phenoxy) is 1. The van der Waals surface area contributed by atoms with Crippen molar-refractivity contribution < 1.29 is 17.9 Å². The Balaban J connectivity index is 1.06. The summed E-state index contributed by atoms with van der Waals surface area (Å²) < 4.78 is 45.3. The summed E-state index contributed by atoms with van der Waals surface area (Å²) in [5.41, 5.74) is 5.02. The van der Waals surface area contributed by atoms with Crippen molar-refractivity contribution in [2.24, 2.45) is 30.7 Å². The van der Waals surface area contributed by atoms with Gasteiger partial charge in [-0.1, -0.05) is 11.3 Å². The van der Waals surface area contributed by atoms with Gasteiger partial charge in [-0.05, 0) is 111 Å². The Labute approximate surface area is 270 Å². The molecule has 0 unspecified atom stereocenters. The van der Waals surface area contributed by atoms with E-state index in [1.165, 1.54) is 42.1 Å². The molecule has 2 aromatic heterocycles. The zero-order valence-electron chi connectivity index (χ0n) is 24.6. The van der Waals surface area contributed by atoms with Crippen LogP contribution in [0, 0.1) is 13.8 Å². The fourth-order valence-electron chi connectivity index (χ4n) is 4.60. The van der Waals surface area contributed by atoms with Gasteiger partial charge in [0.25, 0.3) is 0 Å². The van der Waals surface area contributed by atoms with Gasteiger partial charge in [-0.2, -0.15) is 19.6 Å². The summed E-state index contributed by atoms with van der Waals surface area (Å²) in [6.45, 7) is 6.04. The van der Waals surface area contributed by atoms with Gasteiger partial charge < -0.3 is 9.64 Å². The highest BCUT2D eigenvalue weighted by atomic mass is 32.1. The fraction of sp³-hybridized carbons (Fsp3) is 0.226. The van der Waals surface area contributed by atoms with E-state index in [0.717, 1.165) is 52.1 Å². The highest BCUT2D eigenvalue weighted by Gasteiger charge is 2.31. The van der Waals surface area contributed by atoms with Crippen LogP contribution >= 0.6 is 22.9 Å². The summed E-state index contributed by atoms with van der Waals surface area (Å²) in [6.07, 6.45) is -2.28. The van der Waals surface area contributed by atoms with Gasteiger partial charge in [-0.15, -0.1) is 33.6 Å². The van der Waals surface area contributed by atoms with Crippen LogP contribution in [0.5, 0.6) is 5.75 Å². The van der Waals surface area contributed by atoms with E-state index in [-0.39, 0.29) is 5.75 Å². The maximum Gasteiger partial charge on any atom is 0.573 e.